The van der Waals surface area contributed by atoms with Crippen molar-refractivity contribution < 1.29 is 10.2 Å². The Kier molecular flexibility index (Phi) is 3.36. The number of aliphatic hydroxyl groups is 2. The zero-order chi connectivity index (χ0) is 15.6. The fourth-order valence-electron chi connectivity index (χ4n) is 6.32. The van der Waals surface area contributed by atoms with Gasteiger partial charge in [0, 0.05) is 5.92 Å². The van der Waals surface area contributed by atoms with E-state index in [2.05, 4.69) is 26.8 Å². The lowest BCUT2D eigenvalue weighted by atomic mass is 9.53. The number of hydrogen-bond donors (Lipinski definition) is 2. The summed E-state index contributed by atoms with van der Waals surface area (Å²) in [6.45, 7) is 6.62. The molecule has 2 N–H and O–H groups in total. The molecule has 0 aromatic carbocycles. The van der Waals surface area contributed by atoms with Gasteiger partial charge in [-0.05, 0) is 85.3 Å². The van der Waals surface area contributed by atoms with E-state index < -0.39 is 0 Å². The molecule has 0 heterocycles. The molecule has 4 aliphatic carbocycles. The Morgan fingerprint density at radius 1 is 1.14 bits per heavy atom. The van der Waals surface area contributed by atoms with Crippen LogP contribution in [0.15, 0.2) is 22.8 Å². The van der Waals surface area contributed by atoms with E-state index in [-0.39, 0.29) is 23.5 Å². The Balaban J connectivity index is 1.69. The van der Waals surface area contributed by atoms with Crippen LogP contribution in [0.2, 0.25) is 0 Å². The van der Waals surface area contributed by atoms with Crippen molar-refractivity contribution >= 4 is 0 Å². The number of allylic oxidation sites excluding steroid dienone is 2. The quantitative estimate of drug-likeness (QED) is 0.714. The van der Waals surface area contributed by atoms with E-state index in [9.17, 15) is 10.2 Å². The summed E-state index contributed by atoms with van der Waals surface area (Å²) >= 11 is 0. The largest absolute Gasteiger partial charge is 0.393 e. The van der Waals surface area contributed by atoms with Gasteiger partial charge >= 0.3 is 0 Å². The van der Waals surface area contributed by atoms with E-state index >= 15 is 0 Å². The van der Waals surface area contributed by atoms with Crippen LogP contribution in [0.1, 0.15) is 59.3 Å². The van der Waals surface area contributed by atoms with Crippen LogP contribution in [0.25, 0.3) is 0 Å². The Morgan fingerprint density at radius 2 is 1.91 bits per heavy atom. The fourth-order valence-corrected chi connectivity index (χ4v) is 6.32. The molecule has 0 saturated heterocycles. The maximum absolute atomic E-state index is 10.5. The van der Waals surface area contributed by atoms with Gasteiger partial charge in [0.05, 0.1) is 12.2 Å². The van der Waals surface area contributed by atoms with Crippen molar-refractivity contribution in [3.8, 4) is 0 Å². The van der Waals surface area contributed by atoms with Crippen molar-refractivity contribution in [2.24, 2.45) is 29.1 Å². The highest BCUT2D eigenvalue weighted by atomic mass is 16.3. The summed E-state index contributed by atoms with van der Waals surface area (Å²) in [4.78, 5) is 0. The Morgan fingerprint density at radius 3 is 2.68 bits per heavy atom. The van der Waals surface area contributed by atoms with E-state index in [1.54, 1.807) is 5.57 Å². The van der Waals surface area contributed by atoms with Crippen LogP contribution in [-0.2, 0) is 0 Å². The lowest BCUT2D eigenvalue weighted by Gasteiger charge is -2.52. The number of fused-ring (bicyclic) bond motifs is 5. The molecule has 0 aromatic heterocycles. The van der Waals surface area contributed by atoms with Gasteiger partial charge in [0.25, 0.3) is 0 Å². The van der Waals surface area contributed by atoms with E-state index in [0.29, 0.717) is 11.8 Å². The Labute approximate surface area is 134 Å². The molecule has 0 amide bonds. The summed E-state index contributed by atoms with van der Waals surface area (Å²) < 4.78 is 0. The standard InChI is InChI=1S/C20H30O2/c1-11-10-16-13(12(2)19(11)22)4-5-15-14(16)8-9-20(3)17(15)6-7-18(20)21/h10-11,14-15,17-19,21-22H,4-9H2,1-3H3. The smallest absolute Gasteiger partial charge is 0.0813 e. The highest BCUT2D eigenvalue weighted by Gasteiger charge is 2.55. The van der Waals surface area contributed by atoms with Crippen LogP contribution in [0.4, 0.5) is 0 Å². The molecule has 2 nitrogen and oxygen atoms in total. The van der Waals surface area contributed by atoms with Crippen LogP contribution >= 0.6 is 0 Å². The molecule has 4 aliphatic rings. The molecule has 0 spiro atoms. The van der Waals surface area contributed by atoms with Crippen molar-refractivity contribution in [2.75, 3.05) is 0 Å². The molecule has 3 fully saturated rings. The first-order chi connectivity index (χ1) is 10.4. The zero-order valence-electron chi connectivity index (χ0n) is 14.2. The molecule has 0 radical (unpaired) electrons. The minimum absolute atomic E-state index is 0.0850. The summed E-state index contributed by atoms with van der Waals surface area (Å²) in [7, 11) is 0. The van der Waals surface area contributed by atoms with Gasteiger partial charge in [0.2, 0.25) is 0 Å². The number of hydrogen-bond acceptors (Lipinski definition) is 2. The summed E-state index contributed by atoms with van der Waals surface area (Å²) in [5.41, 5.74) is 4.42. The first-order valence-corrected chi connectivity index (χ1v) is 9.21. The Bertz CT molecular complexity index is 546. The minimum atomic E-state index is -0.280. The molecule has 0 aliphatic heterocycles. The average molecular weight is 302 g/mol. The predicted octanol–water partition coefficient (Wildman–Crippen LogP) is 3.84. The third-order valence-electron chi connectivity index (χ3n) is 7.72. The minimum Gasteiger partial charge on any atom is -0.393 e. The normalized spacial score (nSPS) is 51.0. The average Bonchev–Trinajstić information content (AvgIpc) is 2.80. The molecular formula is C20H30O2. The maximum Gasteiger partial charge on any atom is 0.0813 e. The summed E-state index contributed by atoms with van der Waals surface area (Å²) in [6, 6.07) is 0. The monoisotopic (exact) mass is 302 g/mol. The predicted molar refractivity (Wildman–Crippen MR) is 88.2 cm³/mol. The van der Waals surface area contributed by atoms with E-state index in [0.717, 1.165) is 18.8 Å². The van der Waals surface area contributed by atoms with Crippen molar-refractivity contribution in [3.63, 3.8) is 0 Å². The molecular weight excluding hydrogens is 272 g/mol. The SMILES string of the molecule is CC1=C2CCC3C(CCC4(C)C(O)CCC34)C2=CC(C)C1O. The molecule has 2 heteroatoms. The van der Waals surface area contributed by atoms with Crippen molar-refractivity contribution in [2.45, 2.75) is 71.5 Å². The molecule has 7 unspecified atom stereocenters. The second-order valence-corrected chi connectivity index (χ2v) is 8.64. The highest BCUT2D eigenvalue weighted by molar-refractivity contribution is 5.45. The summed E-state index contributed by atoms with van der Waals surface area (Å²) in [5.74, 6) is 2.38. The first-order valence-electron chi connectivity index (χ1n) is 9.21. The van der Waals surface area contributed by atoms with Gasteiger partial charge < -0.3 is 10.2 Å². The van der Waals surface area contributed by atoms with Crippen molar-refractivity contribution in [1.29, 1.82) is 0 Å². The zero-order valence-corrected chi connectivity index (χ0v) is 14.2. The first kappa shape index (κ1) is 15.0. The third kappa shape index (κ3) is 1.86. The molecule has 3 saturated carbocycles. The van der Waals surface area contributed by atoms with Gasteiger partial charge in [-0.25, -0.2) is 0 Å². The van der Waals surface area contributed by atoms with Gasteiger partial charge in [-0.3, -0.25) is 0 Å². The van der Waals surface area contributed by atoms with E-state index in [1.807, 2.05) is 0 Å². The molecule has 122 valence electrons. The summed E-state index contributed by atoms with van der Waals surface area (Å²) in [6.07, 6.45) is 8.99. The fraction of sp³-hybridized carbons (Fsp3) is 0.800. The Hall–Kier alpha value is -0.600. The topological polar surface area (TPSA) is 40.5 Å². The van der Waals surface area contributed by atoms with Crippen LogP contribution < -0.4 is 0 Å². The molecule has 0 bridgehead atoms. The second kappa shape index (κ2) is 4.95. The number of aliphatic hydroxyl groups excluding tert-OH is 2. The summed E-state index contributed by atoms with van der Waals surface area (Å²) in [5, 5.41) is 20.8. The second-order valence-electron chi connectivity index (χ2n) is 8.64. The molecule has 0 aromatic rings. The third-order valence-corrected chi connectivity index (χ3v) is 7.72. The van der Waals surface area contributed by atoms with Gasteiger partial charge in [-0.2, -0.15) is 0 Å². The van der Waals surface area contributed by atoms with E-state index in [1.165, 1.54) is 36.8 Å². The lowest BCUT2D eigenvalue weighted by Crippen LogP contribution is -2.46. The van der Waals surface area contributed by atoms with Gasteiger partial charge in [0.15, 0.2) is 0 Å². The van der Waals surface area contributed by atoms with Crippen LogP contribution in [0.5, 0.6) is 0 Å². The molecule has 22 heavy (non-hydrogen) atoms. The highest BCUT2D eigenvalue weighted by Crippen LogP contribution is 2.61. The van der Waals surface area contributed by atoms with Crippen LogP contribution in [0.3, 0.4) is 0 Å². The van der Waals surface area contributed by atoms with Gasteiger partial charge in [-0.1, -0.05) is 19.9 Å². The molecule has 7 atom stereocenters. The van der Waals surface area contributed by atoms with Crippen LogP contribution in [0, 0.1) is 29.1 Å². The lowest BCUT2D eigenvalue weighted by molar-refractivity contribution is -0.0311. The molecule has 4 rings (SSSR count). The van der Waals surface area contributed by atoms with Crippen molar-refractivity contribution in [3.05, 3.63) is 22.8 Å². The van der Waals surface area contributed by atoms with Gasteiger partial charge in [-0.15, -0.1) is 0 Å². The van der Waals surface area contributed by atoms with E-state index in [4.69, 9.17) is 0 Å². The van der Waals surface area contributed by atoms with Crippen LogP contribution in [-0.4, -0.2) is 22.4 Å². The maximum atomic E-state index is 10.5. The van der Waals surface area contributed by atoms with Crippen molar-refractivity contribution in [1.82, 2.24) is 0 Å². The number of rotatable bonds is 0. The van der Waals surface area contributed by atoms with Gasteiger partial charge in [0.1, 0.15) is 0 Å².